The first kappa shape index (κ1) is 35.8. The number of benzene rings is 3. The zero-order valence-corrected chi connectivity index (χ0v) is 30.1. The Bertz CT molecular complexity index is 1740. The molecule has 3 heterocycles. The molecular formula is C40H44ClN3O5S. The fourth-order valence-electron chi connectivity index (χ4n) is 8.28. The fraction of sp³-hybridized carbons (Fsp3) is 0.375. The lowest BCUT2D eigenvalue weighted by Gasteiger charge is -2.39. The maximum atomic E-state index is 15.1. The van der Waals surface area contributed by atoms with Crippen LogP contribution in [0.3, 0.4) is 0 Å². The molecule has 6 rings (SSSR count). The minimum atomic E-state index is -0.931. The summed E-state index contributed by atoms with van der Waals surface area (Å²) in [5.41, 5.74) is 2.24. The highest BCUT2D eigenvalue weighted by Crippen LogP contribution is 2.72. The van der Waals surface area contributed by atoms with Gasteiger partial charge in [-0.3, -0.25) is 14.4 Å². The summed E-state index contributed by atoms with van der Waals surface area (Å²) in [6.07, 6.45) is 4.94. The van der Waals surface area contributed by atoms with Gasteiger partial charge in [-0.2, -0.15) is 0 Å². The monoisotopic (exact) mass is 713 g/mol. The molecule has 2 unspecified atom stereocenters. The van der Waals surface area contributed by atoms with Crippen molar-refractivity contribution in [2.75, 3.05) is 36.1 Å². The fourth-order valence-corrected chi connectivity index (χ4v) is 10.7. The molecule has 3 amide bonds. The van der Waals surface area contributed by atoms with Crippen LogP contribution in [0.15, 0.2) is 104 Å². The smallest absolute Gasteiger partial charge is 0.251 e. The molecular weight excluding hydrogens is 670 g/mol. The van der Waals surface area contributed by atoms with Gasteiger partial charge in [0, 0.05) is 34.2 Å². The van der Waals surface area contributed by atoms with Gasteiger partial charge in [-0.05, 0) is 87.2 Å². The number of amides is 3. The molecule has 3 aromatic rings. The van der Waals surface area contributed by atoms with E-state index >= 15 is 9.59 Å². The molecule has 0 radical (unpaired) electrons. The van der Waals surface area contributed by atoms with Crippen LogP contribution >= 0.6 is 23.4 Å². The minimum Gasteiger partial charge on any atom is -0.494 e. The average Bonchev–Trinajstić information content (AvgIpc) is 3.70. The van der Waals surface area contributed by atoms with E-state index in [2.05, 4.69) is 20.1 Å². The quantitative estimate of drug-likeness (QED) is 0.191. The van der Waals surface area contributed by atoms with Gasteiger partial charge in [0.05, 0.1) is 35.8 Å². The van der Waals surface area contributed by atoms with Gasteiger partial charge in [-0.25, -0.2) is 0 Å². The zero-order chi connectivity index (χ0) is 35.6. The molecule has 3 aromatic carbocycles. The SMILES string of the molecule is C=CCN(C(=O)C1N([C@@H](CO)Cc2ccccc2)C(=O)[C@@H]2[C@H](C(=O)N(CC=C)c3ccc(OCC)cc3)[C@]3(C)CCC12S3)c1ccc(Cl)cc1. The second-order valence-corrected chi connectivity index (χ2v) is 15.7. The summed E-state index contributed by atoms with van der Waals surface area (Å²) in [6, 6.07) is 22.4. The van der Waals surface area contributed by atoms with E-state index < -0.39 is 33.4 Å². The number of thioether (sulfide) groups is 1. The molecule has 262 valence electrons. The van der Waals surface area contributed by atoms with Crippen molar-refractivity contribution in [2.45, 2.75) is 54.7 Å². The van der Waals surface area contributed by atoms with Crippen molar-refractivity contribution in [1.82, 2.24) is 4.90 Å². The molecule has 8 nitrogen and oxygen atoms in total. The van der Waals surface area contributed by atoms with Gasteiger partial charge in [0.2, 0.25) is 11.8 Å². The van der Waals surface area contributed by atoms with Crippen molar-refractivity contribution in [3.63, 3.8) is 0 Å². The number of aliphatic hydroxyl groups excluding tert-OH is 1. The van der Waals surface area contributed by atoms with Gasteiger partial charge in [0.25, 0.3) is 5.91 Å². The number of carbonyl (C=O) groups excluding carboxylic acids is 3. The van der Waals surface area contributed by atoms with Crippen LogP contribution in [-0.2, 0) is 20.8 Å². The number of halogens is 1. The predicted molar refractivity (Wildman–Crippen MR) is 201 cm³/mol. The van der Waals surface area contributed by atoms with Crippen LogP contribution in [0.2, 0.25) is 5.02 Å². The van der Waals surface area contributed by atoms with Crippen LogP contribution in [0.25, 0.3) is 0 Å². The van der Waals surface area contributed by atoms with E-state index in [0.717, 1.165) is 5.56 Å². The van der Waals surface area contributed by atoms with Crippen molar-refractivity contribution in [3.8, 4) is 5.75 Å². The Kier molecular flexibility index (Phi) is 10.5. The van der Waals surface area contributed by atoms with Gasteiger partial charge in [0.15, 0.2) is 0 Å². The molecule has 50 heavy (non-hydrogen) atoms. The summed E-state index contributed by atoms with van der Waals surface area (Å²) < 4.78 is 4.15. The molecule has 6 atom stereocenters. The molecule has 3 aliphatic rings. The molecule has 0 aliphatic carbocycles. The number of likely N-dealkylation sites (tertiary alicyclic amines) is 1. The van der Waals surface area contributed by atoms with Gasteiger partial charge in [0.1, 0.15) is 11.8 Å². The summed E-state index contributed by atoms with van der Waals surface area (Å²) in [5, 5.41) is 11.5. The van der Waals surface area contributed by atoms with E-state index in [1.165, 1.54) is 0 Å². The highest BCUT2D eigenvalue weighted by molar-refractivity contribution is 8.02. The molecule has 0 aromatic heterocycles. The lowest BCUT2D eigenvalue weighted by molar-refractivity contribution is -0.142. The maximum Gasteiger partial charge on any atom is 0.251 e. The van der Waals surface area contributed by atoms with Crippen LogP contribution in [0.1, 0.15) is 32.3 Å². The Hall–Kier alpha value is -4.05. The summed E-state index contributed by atoms with van der Waals surface area (Å²) in [6.45, 7) is 12.5. The average molecular weight is 714 g/mol. The summed E-state index contributed by atoms with van der Waals surface area (Å²) >= 11 is 7.83. The van der Waals surface area contributed by atoms with Crippen molar-refractivity contribution < 1.29 is 24.2 Å². The van der Waals surface area contributed by atoms with E-state index in [-0.39, 0.29) is 37.4 Å². The summed E-state index contributed by atoms with van der Waals surface area (Å²) in [5.74, 6) is -1.50. The Morgan fingerprint density at radius 3 is 2.16 bits per heavy atom. The molecule has 2 bridgehead atoms. The highest BCUT2D eigenvalue weighted by Gasteiger charge is 2.78. The number of hydrogen-bond acceptors (Lipinski definition) is 6. The molecule has 3 saturated heterocycles. The molecule has 1 N–H and O–H groups in total. The second kappa shape index (κ2) is 14.7. The third-order valence-corrected chi connectivity index (χ3v) is 12.6. The van der Waals surface area contributed by atoms with Crippen LogP contribution in [-0.4, -0.2) is 75.6 Å². The number of ether oxygens (including phenoxy) is 1. The number of rotatable bonds is 14. The third-order valence-electron chi connectivity index (χ3n) is 10.4. The van der Waals surface area contributed by atoms with Crippen LogP contribution < -0.4 is 14.5 Å². The van der Waals surface area contributed by atoms with Gasteiger partial charge >= 0.3 is 0 Å². The van der Waals surface area contributed by atoms with Crippen LogP contribution in [0.5, 0.6) is 5.75 Å². The first-order valence-electron chi connectivity index (χ1n) is 17.1. The van der Waals surface area contributed by atoms with Crippen molar-refractivity contribution in [1.29, 1.82) is 0 Å². The predicted octanol–water partition coefficient (Wildman–Crippen LogP) is 6.56. The number of nitrogens with zero attached hydrogens (tertiary/aromatic N) is 3. The van der Waals surface area contributed by atoms with Crippen LogP contribution in [0, 0.1) is 11.8 Å². The van der Waals surface area contributed by atoms with Crippen molar-refractivity contribution >= 4 is 52.5 Å². The highest BCUT2D eigenvalue weighted by atomic mass is 35.5. The standard InChI is InChI=1S/C40H44ClN3O5S/c1-5-23-42(30-17-19-32(20-18-30)49-7-3)36(46)33-34-37(47)44(31(26-45)25-27-11-9-8-10-12-27)35(40(34)22-21-39(33,4)50-40)38(48)43(24-6-2)29-15-13-28(41)14-16-29/h5-6,8-20,31,33-35,45H,1-2,7,21-26H2,3-4H3/t31-,33-,34+,35?,39+,40?/m1/s1. The third kappa shape index (κ3) is 6.24. The van der Waals surface area contributed by atoms with Crippen molar-refractivity contribution in [3.05, 3.63) is 115 Å². The lowest BCUT2D eigenvalue weighted by Crippen LogP contribution is -2.58. The largest absolute Gasteiger partial charge is 0.494 e. The second-order valence-electron chi connectivity index (χ2n) is 13.4. The number of anilines is 2. The van der Waals surface area contributed by atoms with Gasteiger partial charge in [-0.15, -0.1) is 24.9 Å². The normalized spacial score (nSPS) is 25.6. The van der Waals surface area contributed by atoms with E-state index in [9.17, 15) is 9.90 Å². The van der Waals surface area contributed by atoms with Crippen LogP contribution in [0.4, 0.5) is 11.4 Å². The zero-order valence-electron chi connectivity index (χ0n) is 28.5. The van der Waals surface area contributed by atoms with Crippen molar-refractivity contribution in [2.24, 2.45) is 11.8 Å². The van der Waals surface area contributed by atoms with Gasteiger partial charge < -0.3 is 24.5 Å². The molecule has 0 saturated carbocycles. The minimum absolute atomic E-state index is 0.179. The Balaban J connectivity index is 1.45. The molecule has 3 aliphatic heterocycles. The van der Waals surface area contributed by atoms with E-state index in [4.69, 9.17) is 16.3 Å². The Morgan fingerprint density at radius 1 is 0.980 bits per heavy atom. The Labute approximate surface area is 303 Å². The summed E-state index contributed by atoms with van der Waals surface area (Å²) in [7, 11) is 0. The maximum absolute atomic E-state index is 15.1. The number of aliphatic hydroxyl groups is 1. The van der Waals surface area contributed by atoms with E-state index in [0.29, 0.717) is 48.0 Å². The lowest BCUT2D eigenvalue weighted by atomic mass is 9.66. The first-order chi connectivity index (χ1) is 24.1. The number of hydrogen-bond donors (Lipinski definition) is 1. The number of carbonyl (C=O) groups is 3. The number of fused-ring (bicyclic) bond motifs is 1. The first-order valence-corrected chi connectivity index (χ1v) is 18.3. The molecule has 3 fully saturated rings. The topological polar surface area (TPSA) is 90.4 Å². The van der Waals surface area contributed by atoms with Gasteiger partial charge in [-0.1, -0.05) is 54.1 Å². The van der Waals surface area contributed by atoms with E-state index in [1.807, 2.05) is 61.5 Å². The summed E-state index contributed by atoms with van der Waals surface area (Å²) in [4.78, 5) is 50.1. The van der Waals surface area contributed by atoms with E-state index in [1.54, 1.807) is 62.9 Å². The molecule has 1 spiro atoms. The Morgan fingerprint density at radius 2 is 1.58 bits per heavy atom. The molecule has 10 heteroatoms.